The number of methoxy groups -OCH3 is 1. The van der Waals surface area contributed by atoms with Crippen molar-refractivity contribution in [2.24, 2.45) is 0 Å². The lowest BCUT2D eigenvalue weighted by Gasteiger charge is -2.11. The van der Waals surface area contributed by atoms with Gasteiger partial charge in [0, 0.05) is 27.4 Å². The molecule has 2 aromatic rings. The molecule has 1 aromatic carbocycles. The molecule has 1 aromatic heterocycles. The third-order valence-corrected chi connectivity index (χ3v) is 3.19. The summed E-state index contributed by atoms with van der Waals surface area (Å²) in [5, 5.41) is 0.841. The third kappa shape index (κ3) is 2.64. The Morgan fingerprint density at radius 3 is 2.53 bits per heavy atom. The molecule has 0 fully saturated rings. The van der Waals surface area contributed by atoms with Gasteiger partial charge in [0.05, 0.1) is 12.7 Å². The summed E-state index contributed by atoms with van der Waals surface area (Å²) in [4.78, 5) is 15.8. The number of benzene rings is 1. The predicted octanol–water partition coefficient (Wildman–Crippen LogP) is 3.42. The number of nitrogens with two attached hydrogens (primary N) is 1. The molecule has 0 saturated carbocycles. The molecule has 0 aliphatic heterocycles. The minimum Gasteiger partial charge on any atom is -0.465 e. The third-order valence-electron chi connectivity index (χ3n) is 2.56. The number of esters is 1. The lowest BCUT2D eigenvalue weighted by molar-refractivity contribution is 0.0601. The van der Waals surface area contributed by atoms with Crippen molar-refractivity contribution in [1.29, 1.82) is 0 Å². The number of pyridine rings is 1. The highest BCUT2D eigenvalue weighted by molar-refractivity contribution is 6.39. The van der Waals surface area contributed by atoms with Crippen molar-refractivity contribution in [3.05, 3.63) is 46.1 Å². The first kappa shape index (κ1) is 13.6. The minimum atomic E-state index is -0.528. The number of carbonyl (C=O) groups is 1. The highest BCUT2D eigenvalue weighted by atomic mass is 35.5. The van der Waals surface area contributed by atoms with E-state index < -0.39 is 5.97 Å². The van der Waals surface area contributed by atoms with Gasteiger partial charge in [0.15, 0.2) is 0 Å². The number of hydrogen-bond donors (Lipinski definition) is 1. The van der Waals surface area contributed by atoms with E-state index in [2.05, 4.69) is 4.98 Å². The van der Waals surface area contributed by atoms with Crippen LogP contribution in [-0.4, -0.2) is 18.1 Å². The predicted molar refractivity (Wildman–Crippen MR) is 75.4 cm³/mol. The van der Waals surface area contributed by atoms with Crippen molar-refractivity contribution in [2.45, 2.75) is 0 Å². The number of halogens is 2. The molecule has 0 radical (unpaired) electrons. The molecule has 0 unspecified atom stereocenters. The zero-order valence-corrected chi connectivity index (χ0v) is 11.5. The first-order valence-electron chi connectivity index (χ1n) is 5.32. The molecule has 98 valence electrons. The molecule has 4 nitrogen and oxygen atoms in total. The van der Waals surface area contributed by atoms with E-state index in [1.54, 1.807) is 18.2 Å². The molecular formula is C13H10Cl2N2O2. The standard InChI is InChI=1S/C13H10Cl2N2O2/c1-19-13(18)7-5-11(16)17-6-8(7)12-9(14)3-2-4-10(12)15/h2-6H,1H3,(H2,16,17). The largest absolute Gasteiger partial charge is 0.465 e. The number of nitrogen functional groups attached to an aromatic ring is 1. The minimum absolute atomic E-state index is 0.215. The second-order valence-corrected chi connectivity index (χ2v) is 4.56. The summed E-state index contributed by atoms with van der Waals surface area (Å²) in [6.45, 7) is 0. The maximum Gasteiger partial charge on any atom is 0.338 e. The summed E-state index contributed by atoms with van der Waals surface area (Å²) in [6.07, 6.45) is 1.45. The van der Waals surface area contributed by atoms with Crippen LogP contribution in [0, 0.1) is 0 Å². The highest BCUT2D eigenvalue weighted by Crippen LogP contribution is 2.36. The number of carbonyl (C=O) groups excluding carboxylic acids is 1. The van der Waals surface area contributed by atoms with E-state index in [0.717, 1.165) is 0 Å². The second kappa shape index (κ2) is 5.47. The number of hydrogen-bond acceptors (Lipinski definition) is 4. The fourth-order valence-corrected chi connectivity index (χ4v) is 2.31. The smallest absolute Gasteiger partial charge is 0.338 e. The van der Waals surface area contributed by atoms with Gasteiger partial charge >= 0.3 is 5.97 Å². The van der Waals surface area contributed by atoms with Crippen LogP contribution in [0.3, 0.4) is 0 Å². The first-order chi connectivity index (χ1) is 9.04. The Morgan fingerprint density at radius 2 is 1.95 bits per heavy atom. The van der Waals surface area contributed by atoms with Crippen LogP contribution in [-0.2, 0) is 4.74 Å². The fraction of sp³-hybridized carbons (Fsp3) is 0.0769. The van der Waals surface area contributed by atoms with E-state index >= 15 is 0 Å². The second-order valence-electron chi connectivity index (χ2n) is 3.74. The van der Waals surface area contributed by atoms with Crippen LogP contribution in [0.25, 0.3) is 11.1 Å². The summed E-state index contributed by atoms with van der Waals surface area (Å²) < 4.78 is 4.72. The molecule has 6 heteroatoms. The van der Waals surface area contributed by atoms with E-state index in [4.69, 9.17) is 33.7 Å². The molecule has 0 atom stereocenters. The van der Waals surface area contributed by atoms with Crippen LogP contribution < -0.4 is 5.73 Å². The van der Waals surface area contributed by atoms with Gasteiger partial charge in [-0.3, -0.25) is 0 Å². The molecule has 0 amide bonds. The molecular weight excluding hydrogens is 287 g/mol. The van der Waals surface area contributed by atoms with Crippen LogP contribution in [0.4, 0.5) is 5.82 Å². The maximum absolute atomic E-state index is 11.8. The molecule has 0 saturated heterocycles. The Labute approximate surface area is 120 Å². The Morgan fingerprint density at radius 1 is 1.32 bits per heavy atom. The lowest BCUT2D eigenvalue weighted by atomic mass is 10.0. The molecule has 2 N–H and O–H groups in total. The molecule has 19 heavy (non-hydrogen) atoms. The van der Waals surface area contributed by atoms with Gasteiger partial charge in [-0.1, -0.05) is 29.3 Å². The van der Waals surface area contributed by atoms with Gasteiger partial charge in [-0.05, 0) is 18.2 Å². The van der Waals surface area contributed by atoms with E-state index in [0.29, 0.717) is 21.2 Å². The van der Waals surface area contributed by atoms with Gasteiger partial charge in [0.25, 0.3) is 0 Å². The van der Waals surface area contributed by atoms with Crippen molar-refractivity contribution in [3.8, 4) is 11.1 Å². The number of ether oxygens (including phenoxy) is 1. The van der Waals surface area contributed by atoms with Crippen molar-refractivity contribution in [2.75, 3.05) is 12.8 Å². The quantitative estimate of drug-likeness (QED) is 0.862. The van der Waals surface area contributed by atoms with E-state index in [1.165, 1.54) is 19.4 Å². The van der Waals surface area contributed by atoms with Crippen molar-refractivity contribution in [3.63, 3.8) is 0 Å². The van der Waals surface area contributed by atoms with E-state index in [9.17, 15) is 4.79 Å². The first-order valence-corrected chi connectivity index (χ1v) is 6.08. The SMILES string of the molecule is COC(=O)c1cc(N)ncc1-c1c(Cl)cccc1Cl. The molecule has 0 aliphatic carbocycles. The Hall–Kier alpha value is -1.78. The molecule has 0 aliphatic rings. The van der Waals surface area contributed by atoms with E-state index in [1.807, 2.05) is 0 Å². The summed E-state index contributed by atoms with van der Waals surface area (Å²) >= 11 is 12.3. The average Bonchev–Trinajstić information content (AvgIpc) is 2.39. The average molecular weight is 297 g/mol. The summed E-state index contributed by atoms with van der Waals surface area (Å²) in [5.41, 5.74) is 6.87. The maximum atomic E-state index is 11.8. The number of anilines is 1. The number of rotatable bonds is 2. The van der Waals surface area contributed by atoms with Crippen LogP contribution in [0.2, 0.25) is 10.0 Å². The van der Waals surface area contributed by atoms with Gasteiger partial charge in [0.1, 0.15) is 5.82 Å². The summed E-state index contributed by atoms with van der Waals surface area (Å²) in [6, 6.07) is 6.51. The molecule has 1 heterocycles. The zero-order valence-electron chi connectivity index (χ0n) is 9.98. The molecule has 0 bridgehead atoms. The Kier molecular flexibility index (Phi) is 3.93. The number of nitrogens with zero attached hydrogens (tertiary/aromatic N) is 1. The van der Waals surface area contributed by atoms with Gasteiger partial charge in [-0.15, -0.1) is 0 Å². The molecule has 2 rings (SSSR count). The fourth-order valence-electron chi connectivity index (χ4n) is 1.70. The van der Waals surface area contributed by atoms with Crippen LogP contribution in [0.5, 0.6) is 0 Å². The van der Waals surface area contributed by atoms with Gasteiger partial charge < -0.3 is 10.5 Å². The van der Waals surface area contributed by atoms with Crippen LogP contribution >= 0.6 is 23.2 Å². The number of aromatic nitrogens is 1. The van der Waals surface area contributed by atoms with Gasteiger partial charge in [-0.25, -0.2) is 9.78 Å². The van der Waals surface area contributed by atoms with Gasteiger partial charge in [0.2, 0.25) is 0 Å². The van der Waals surface area contributed by atoms with Crippen LogP contribution in [0.15, 0.2) is 30.5 Å². The Balaban J connectivity index is 2.72. The lowest BCUT2D eigenvalue weighted by Crippen LogP contribution is -2.06. The van der Waals surface area contributed by atoms with Crippen molar-refractivity contribution < 1.29 is 9.53 Å². The summed E-state index contributed by atoms with van der Waals surface area (Å²) in [7, 11) is 1.29. The highest BCUT2D eigenvalue weighted by Gasteiger charge is 2.18. The van der Waals surface area contributed by atoms with Crippen molar-refractivity contribution in [1.82, 2.24) is 4.98 Å². The monoisotopic (exact) mass is 296 g/mol. The van der Waals surface area contributed by atoms with Crippen LogP contribution in [0.1, 0.15) is 10.4 Å². The molecule has 0 spiro atoms. The topological polar surface area (TPSA) is 65.2 Å². The normalized spacial score (nSPS) is 10.3. The van der Waals surface area contributed by atoms with E-state index in [-0.39, 0.29) is 11.4 Å². The summed E-state index contributed by atoms with van der Waals surface area (Å²) in [5.74, 6) is -0.313. The zero-order chi connectivity index (χ0) is 14.0. The van der Waals surface area contributed by atoms with Gasteiger partial charge in [-0.2, -0.15) is 0 Å². The Bertz CT molecular complexity index is 624. The van der Waals surface area contributed by atoms with Crippen molar-refractivity contribution >= 4 is 35.0 Å².